The fourth-order valence-electron chi connectivity index (χ4n) is 3.69. The Morgan fingerprint density at radius 2 is 1.81 bits per heavy atom. The van der Waals surface area contributed by atoms with Crippen molar-refractivity contribution in [1.82, 2.24) is 4.90 Å². The van der Waals surface area contributed by atoms with Crippen LogP contribution in [0.15, 0.2) is 48.5 Å². The van der Waals surface area contributed by atoms with Crippen LogP contribution in [0, 0.1) is 0 Å². The first kappa shape index (κ1) is 19.2. The summed E-state index contributed by atoms with van der Waals surface area (Å²) in [6, 6.07) is 15.4. The predicted molar refractivity (Wildman–Crippen MR) is 107 cm³/mol. The van der Waals surface area contributed by atoms with Crippen LogP contribution in [0.25, 0.3) is 0 Å². The Morgan fingerprint density at radius 1 is 1.15 bits per heavy atom. The van der Waals surface area contributed by atoms with E-state index in [1.807, 2.05) is 54.3 Å². The smallest absolute Gasteiger partial charge is 0.226 e. The molecule has 1 heterocycles. The lowest BCUT2D eigenvalue weighted by Crippen LogP contribution is -2.47. The molecule has 0 unspecified atom stereocenters. The van der Waals surface area contributed by atoms with E-state index in [9.17, 15) is 9.90 Å². The van der Waals surface area contributed by atoms with Crippen molar-refractivity contribution in [2.45, 2.75) is 38.8 Å². The number of anilines is 1. The molecular formula is C22H28N2O3. The summed E-state index contributed by atoms with van der Waals surface area (Å²) in [5.74, 6) is 1.29. The van der Waals surface area contributed by atoms with Crippen LogP contribution in [-0.4, -0.2) is 42.2 Å². The van der Waals surface area contributed by atoms with Gasteiger partial charge in [-0.1, -0.05) is 25.1 Å². The van der Waals surface area contributed by atoms with Crippen molar-refractivity contribution in [2.24, 2.45) is 0 Å². The first-order chi connectivity index (χ1) is 13.1. The number of nitrogens with zero attached hydrogens (tertiary/aromatic N) is 2. The van der Waals surface area contributed by atoms with Crippen LogP contribution < -0.4 is 9.64 Å². The lowest BCUT2D eigenvalue weighted by molar-refractivity contribution is -0.119. The maximum Gasteiger partial charge on any atom is 0.226 e. The van der Waals surface area contributed by atoms with E-state index in [4.69, 9.17) is 4.74 Å². The Bertz CT molecular complexity index is 752. The molecule has 1 N–H and O–H groups in total. The summed E-state index contributed by atoms with van der Waals surface area (Å²) in [7, 11) is 1.64. The maximum atomic E-state index is 12.6. The van der Waals surface area contributed by atoms with Gasteiger partial charge in [-0.2, -0.15) is 0 Å². The zero-order chi connectivity index (χ0) is 19.2. The van der Waals surface area contributed by atoms with E-state index in [0.29, 0.717) is 12.2 Å². The number of ether oxygens (including phenoxy) is 1. The minimum absolute atomic E-state index is 0.152. The van der Waals surface area contributed by atoms with Gasteiger partial charge in [0.25, 0.3) is 0 Å². The summed E-state index contributed by atoms with van der Waals surface area (Å²) in [5.41, 5.74) is 1.88. The van der Waals surface area contributed by atoms with Crippen molar-refractivity contribution in [3.8, 4) is 11.5 Å². The highest BCUT2D eigenvalue weighted by atomic mass is 16.5. The van der Waals surface area contributed by atoms with E-state index < -0.39 is 0 Å². The van der Waals surface area contributed by atoms with Crippen molar-refractivity contribution in [3.05, 3.63) is 54.1 Å². The number of phenols is 1. The number of carbonyl (C=O) groups excluding carboxylic acids is 1. The normalized spacial score (nSPS) is 15.5. The number of piperidine rings is 1. The second-order valence-electron chi connectivity index (χ2n) is 6.95. The van der Waals surface area contributed by atoms with Gasteiger partial charge >= 0.3 is 0 Å². The van der Waals surface area contributed by atoms with Crippen LogP contribution in [0.4, 0.5) is 5.69 Å². The fraction of sp³-hybridized carbons (Fsp3) is 0.409. The number of likely N-dealkylation sites (tertiary alicyclic amines) is 1. The molecule has 0 bridgehead atoms. The third-order valence-electron chi connectivity index (χ3n) is 5.23. The van der Waals surface area contributed by atoms with E-state index in [0.717, 1.165) is 49.5 Å². The quantitative estimate of drug-likeness (QED) is 0.842. The van der Waals surface area contributed by atoms with E-state index in [1.165, 1.54) is 0 Å². The Kier molecular flexibility index (Phi) is 6.35. The van der Waals surface area contributed by atoms with Crippen molar-refractivity contribution >= 4 is 11.6 Å². The number of para-hydroxylation sites is 1. The van der Waals surface area contributed by atoms with Gasteiger partial charge in [0.15, 0.2) is 0 Å². The van der Waals surface area contributed by atoms with E-state index in [1.54, 1.807) is 13.2 Å². The van der Waals surface area contributed by atoms with E-state index >= 15 is 0 Å². The number of aromatic hydroxyl groups is 1. The zero-order valence-corrected chi connectivity index (χ0v) is 16.1. The van der Waals surface area contributed by atoms with Gasteiger partial charge in [-0.15, -0.1) is 0 Å². The summed E-state index contributed by atoms with van der Waals surface area (Å²) in [4.78, 5) is 16.9. The number of carbonyl (C=O) groups is 1. The molecule has 0 spiro atoms. The van der Waals surface area contributed by atoms with Gasteiger partial charge in [-0.25, -0.2) is 0 Å². The summed E-state index contributed by atoms with van der Waals surface area (Å²) < 4.78 is 5.23. The molecule has 1 saturated heterocycles. The molecule has 1 fully saturated rings. The average molecular weight is 368 g/mol. The van der Waals surface area contributed by atoms with Crippen molar-refractivity contribution in [2.75, 3.05) is 25.1 Å². The van der Waals surface area contributed by atoms with Crippen LogP contribution >= 0.6 is 0 Å². The lowest BCUT2D eigenvalue weighted by atomic mass is 10.0. The lowest BCUT2D eigenvalue weighted by Gasteiger charge is -2.38. The molecule has 1 aliphatic rings. The van der Waals surface area contributed by atoms with Gasteiger partial charge in [-0.05, 0) is 43.2 Å². The van der Waals surface area contributed by atoms with Crippen LogP contribution in [0.2, 0.25) is 0 Å². The van der Waals surface area contributed by atoms with Crippen molar-refractivity contribution in [1.29, 1.82) is 0 Å². The van der Waals surface area contributed by atoms with Gasteiger partial charge in [0.05, 0.1) is 7.11 Å². The van der Waals surface area contributed by atoms with E-state index in [-0.39, 0.29) is 11.9 Å². The van der Waals surface area contributed by atoms with Gasteiger partial charge in [0.1, 0.15) is 11.5 Å². The number of hydrogen-bond acceptors (Lipinski definition) is 4. The van der Waals surface area contributed by atoms with Crippen LogP contribution in [-0.2, 0) is 11.3 Å². The SMILES string of the molecule is CCC(=O)N(c1ccc(OC)cc1)C1CCN(Cc2ccccc2O)CC1. The summed E-state index contributed by atoms with van der Waals surface area (Å²) in [6.07, 6.45) is 2.33. The monoisotopic (exact) mass is 368 g/mol. The minimum Gasteiger partial charge on any atom is -0.508 e. The zero-order valence-electron chi connectivity index (χ0n) is 16.1. The highest BCUT2D eigenvalue weighted by molar-refractivity contribution is 5.93. The van der Waals surface area contributed by atoms with Gasteiger partial charge < -0.3 is 14.7 Å². The highest BCUT2D eigenvalue weighted by Gasteiger charge is 2.28. The number of amides is 1. The molecular weight excluding hydrogens is 340 g/mol. The van der Waals surface area contributed by atoms with Gasteiger partial charge in [-0.3, -0.25) is 9.69 Å². The number of phenolic OH excluding ortho intramolecular Hbond substituents is 1. The molecule has 1 aliphatic heterocycles. The Morgan fingerprint density at radius 3 is 2.41 bits per heavy atom. The second-order valence-corrected chi connectivity index (χ2v) is 6.95. The second kappa shape index (κ2) is 8.91. The topological polar surface area (TPSA) is 53.0 Å². The molecule has 0 atom stereocenters. The van der Waals surface area contributed by atoms with Crippen molar-refractivity contribution < 1.29 is 14.6 Å². The van der Waals surface area contributed by atoms with Gasteiger partial charge in [0, 0.05) is 43.3 Å². The predicted octanol–water partition coefficient (Wildman–Crippen LogP) is 3.81. The van der Waals surface area contributed by atoms with Crippen LogP contribution in [0.5, 0.6) is 11.5 Å². The Balaban J connectivity index is 1.67. The standard InChI is InChI=1S/C22H28N2O3/c1-3-22(26)24(18-8-10-20(27-2)11-9-18)19-12-14-23(15-13-19)16-17-6-4-5-7-21(17)25/h4-11,19,25H,3,12-16H2,1-2H3. The number of methoxy groups -OCH3 is 1. The molecule has 5 nitrogen and oxygen atoms in total. The maximum absolute atomic E-state index is 12.6. The number of hydrogen-bond donors (Lipinski definition) is 1. The molecule has 2 aromatic rings. The average Bonchev–Trinajstić information content (AvgIpc) is 2.71. The molecule has 0 aliphatic carbocycles. The largest absolute Gasteiger partial charge is 0.508 e. The van der Waals surface area contributed by atoms with Crippen molar-refractivity contribution in [3.63, 3.8) is 0 Å². The third-order valence-corrected chi connectivity index (χ3v) is 5.23. The molecule has 3 rings (SSSR count). The summed E-state index contributed by atoms with van der Waals surface area (Å²) in [5, 5.41) is 9.99. The molecule has 2 aromatic carbocycles. The van der Waals surface area contributed by atoms with Gasteiger partial charge in [0.2, 0.25) is 5.91 Å². The fourth-order valence-corrected chi connectivity index (χ4v) is 3.69. The molecule has 0 saturated carbocycles. The van der Waals surface area contributed by atoms with E-state index in [2.05, 4.69) is 4.90 Å². The highest BCUT2D eigenvalue weighted by Crippen LogP contribution is 2.28. The molecule has 5 heteroatoms. The third kappa shape index (κ3) is 4.61. The molecule has 27 heavy (non-hydrogen) atoms. The molecule has 144 valence electrons. The number of benzene rings is 2. The molecule has 0 aromatic heterocycles. The van der Waals surface area contributed by atoms with Crippen LogP contribution in [0.1, 0.15) is 31.7 Å². The molecule has 1 amide bonds. The van der Waals surface area contributed by atoms with Crippen LogP contribution in [0.3, 0.4) is 0 Å². The summed E-state index contributed by atoms with van der Waals surface area (Å²) >= 11 is 0. The summed E-state index contributed by atoms with van der Waals surface area (Å²) in [6.45, 7) is 4.46. The Labute approximate surface area is 161 Å². The number of rotatable bonds is 6. The Hall–Kier alpha value is -2.53. The minimum atomic E-state index is 0.152. The first-order valence-corrected chi connectivity index (χ1v) is 9.57. The molecule has 0 radical (unpaired) electrons. The first-order valence-electron chi connectivity index (χ1n) is 9.57.